The maximum Gasteiger partial charge on any atom is 0.135 e. The minimum Gasteiger partial charge on any atom is -0.456 e. The Morgan fingerprint density at radius 3 is 1.46 bits per heavy atom. The molecule has 0 saturated carbocycles. The first kappa shape index (κ1) is 40.1. The molecule has 0 radical (unpaired) electrons. The van der Waals surface area contributed by atoms with Crippen molar-refractivity contribution in [2.24, 2.45) is 0 Å². The number of rotatable bonds is 9. The van der Waals surface area contributed by atoms with Gasteiger partial charge in [0.1, 0.15) is 11.2 Å². The van der Waals surface area contributed by atoms with Crippen molar-refractivity contribution in [1.82, 2.24) is 4.57 Å². The summed E-state index contributed by atoms with van der Waals surface area (Å²) in [5.41, 5.74) is 20.1. The van der Waals surface area contributed by atoms with Crippen LogP contribution in [0.25, 0.3) is 105 Å². The van der Waals surface area contributed by atoms with Gasteiger partial charge in [-0.15, -0.1) is 0 Å². The van der Waals surface area contributed by atoms with Crippen molar-refractivity contribution < 1.29 is 4.42 Å². The first-order valence-electron chi connectivity index (χ1n) is 23.6. The Labute approximate surface area is 401 Å². The molecule has 0 bridgehead atoms. The van der Waals surface area contributed by atoms with Gasteiger partial charge in [-0.25, -0.2) is 0 Å². The van der Waals surface area contributed by atoms with Gasteiger partial charge in [-0.05, 0) is 159 Å². The highest BCUT2D eigenvalue weighted by Crippen LogP contribution is 2.42. The third-order valence-electron chi connectivity index (χ3n) is 13.5. The summed E-state index contributed by atoms with van der Waals surface area (Å²) in [4.78, 5) is 2.34. The molecule has 13 rings (SSSR count). The lowest BCUT2D eigenvalue weighted by Gasteiger charge is -2.26. The van der Waals surface area contributed by atoms with Crippen LogP contribution < -0.4 is 4.90 Å². The van der Waals surface area contributed by atoms with Gasteiger partial charge in [0.15, 0.2) is 0 Å². The zero-order valence-electron chi connectivity index (χ0n) is 37.7. The molecule has 0 unspecified atom stereocenters. The average molecular weight is 881 g/mol. The van der Waals surface area contributed by atoms with E-state index in [0.29, 0.717) is 0 Å². The van der Waals surface area contributed by atoms with Crippen LogP contribution in [0.5, 0.6) is 0 Å². The van der Waals surface area contributed by atoms with Gasteiger partial charge >= 0.3 is 0 Å². The zero-order chi connectivity index (χ0) is 45.7. The fourth-order valence-electron chi connectivity index (χ4n) is 10.2. The molecule has 0 atom stereocenters. The van der Waals surface area contributed by atoms with Crippen LogP contribution >= 0.6 is 0 Å². The number of hydrogen-bond acceptors (Lipinski definition) is 2. The molecule has 0 N–H and O–H groups in total. The van der Waals surface area contributed by atoms with Crippen LogP contribution in [-0.4, -0.2) is 4.57 Å². The number of nitrogens with zero attached hydrogens (tertiary/aromatic N) is 2. The predicted octanol–water partition coefficient (Wildman–Crippen LogP) is 18.5. The van der Waals surface area contributed by atoms with E-state index < -0.39 is 0 Å². The zero-order valence-corrected chi connectivity index (χ0v) is 37.7. The maximum absolute atomic E-state index is 6.29. The van der Waals surface area contributed by atoms with Crippen molar-refractivity contribution in [3.05, 3.63) is 267 Å². The lowest BCUT2D eigenvalue weighted by Crippen LogP contribution is -2.09. The summed E-state index contributed by atoms with van der Waals surface area (Å²) in [5.74, 6) is 0. The third kappa shape index (κ3) is 7.34. The molecule has 324 valence electrons. The minimum absolute atomic E-state index is 0.889. The monoisotopic (exact) mass is 880 g/mol. The molecule has 0 aliphatic rings. The molecule has 69 heavy (non-hydrogen) atoms. The summed E-state index contributed by atoms with van der Waals surface area (Å²) in [6.07, 6.45) is 0. The largest absolute Gasteiger partial charge is 0.456 e. The summed E-state index contributed by atoms with van der Waals surface area (Å²) in [5, 5.41) is 4.71. The lowest BCUT2D eigenvalue weighted by atomic mass is 9.91. The molecule has 0 amide bonds. The second-order valence-corrected chi connectivity index (χ2v) is 17.7. The summed E-state index contributed by atoms with van der Waals surface area (Å²) in [7, 11) is 0. The summed E-state index contributed by atoms with van der Waals surface area (Å²) < 4.78 is 8.68. The van der Waals surface area contributed by atoms with E-state index in [-0.39, 0.29) is 0 Å². The van der Waals surface area contributed by atoms with Gasteiger partial charge in [-0.1, -0.05) is 164 Å². The molecule has 2 heterocycles. The van der Waals surface area contributed by atoms with E-state index in [1.807, 2.05) is 12.1 Å². The van der Waals surface area contributed by atoms with E-state index in [1.54, 1.807) is 0 Å². The molecular formula is C66H44N2O. The van der Waals surface area contributed by atoms with Crippen molar-refractivity contribution in [2.75, 3.05) is 4.90 Å². The summed E-state index contributed by atoms with van der Waals surface area (Å²) in [6, 6.07) is 96.3. The van der Waals surface area contributed by atoms with Gasteiger partial charge in [0.05, 0.1) is 11.0 Å². The summed E-state index contributed by atoms with van der Waals surface area (Å²) >= 11 is 0. The molecule has 2 aromatic heterocycles. The number of aromatic nitrogens is 1. The topological polar surface area (TPSA) is 21.3 Å². The summed E-state index contributed by atoms with van der Waals surface area (Å²) in [6.45, 7) is 0. The van der Waals surface area contributed by atoms with Crippen molar-refractivity contribution in [1.29, 1.82) is 0 Å². The first-order chi connectivity index (χ1) is 34.2. The van der Waals surface area contributed by atoms with Crippen molar-refractivity contribution in [3.63, 3.8) is 0 Å². The van der Waals surface area contributed by atoms with E-state index in [2.05, 4.69) is 264 Å². The van der Waals surface area contributed by atoms with E-state index in [4.69, 9.17) is 4.42 Å². The first-order valence-corrected chi connectivity index (χ1v) is 23.6. The van der Waals surface area contributed by atoms with E-state index >= 15 is 0 Å². The van der Waals surface area contributed by atoms with Crippen LogP contribution in [0.3, 0.4) is 0 Å². The highest BCUT2D eigenvalue weighted by atomic mass is 16.3. The Bertz CT molecular complexity index is 4000. The molecule has 0 spiro atoms. The minimum atomic E-state index is 0.889. The number of anilines is 3. The normalized spacial score (nSPS) is 11.5. The van der Waals surface area contributed by atoms with Crippen molar-refractivity contribution >= 4 is 60.8 Å². The molecule has 0 fully saturated rings. The Morgan fingerprint density at radius 2 is 0.710 bits per heavy atom. The third-order valence-corrected chi connectivity index (χ3v) is 13.5. The Balaban J connectivity index is 0.940. The number of fused-ring (bicyclic) bond motifs is 6. The second kappa shape index (κ2) is 16.9. The van der Waals surface area contributed by atoms with Crippen LogP contribution in [0.4, 0.5) is 17.1 Å². The van der Waals surface area contributed by atoms with E-state index in [0.717, 1.165) is 89.2 Å². The van der Waals surface area contributed by atoms with Gasteiger partial charge < -0.3 is 13.9 Å². The Morgan fingerprint density at radius 1 is 0.246 bits per heavy atom. The highest BCUT2D eigenvalue weighted by Gasteiger charge is 2.17. The van der Waals surface area contributed by atoms with Crippen molar-refractivity contribution in [2.45, 2.75) is 0 Å². The predicted molar refractivity (Wildman–Crippen MR) is 290 cm³/mol. The van der Waals surface area contributed by atoms with E-state index in [1.165, 1.54) is 32.9 Å². The van der Waals surface area contributed by atoms with E-state index in [9.17, 15) is 0 Å². The molecule has 0 saturated heterocycles. The van der Waals surface area contributed by atoms with Gasteiger partial charge in [0.2, 0.25) is 0 Å². The molecule has 13 aromatic rings. The molecule has 3 heteroatoms. The van der Waals surface area contributed by atoms with Gasteiger partial charge in [-0.3, -0.25) is 0 Å². The van der Waals surface area contributed by atoms with Gasteiger partial charge in [0, 0.05) is 44.3 Å². The molecule has 0 aliphatic heterocycles. The smallest absolute Gasteiger partial charge is 0.135 e. The molecular weight excluding hydrogens is 837 g/mol. The number of benzene rings is 11. The van der Waals surface area contributed by atoms with Crippen LogP contribution in [0.1, 0.15) is 0 Å². The molecule has 3 nitrogen and oxygen atoms in total. The quantitative estimate of drug-likeness (QED) is 0.144. The lowest BCUT2D eigenvalue weighted by molar-refractivity contribution is 0.669. The maximum atomic E-state index is 6.29. The highest BCUT2D eigenvalue weighted by molar-refractivity contribution is 6.10. The molecule has 0 aliphatic carbocycles. The number of furan rings is 1. The van der Waals surface area contributed by atoms with Crippen LogP contribution in [0.2, 0.25) is 0 Å². The SMILES string of the molecule is c1ccc(-c2ccc(N(c3ccccc3)c3cccc(-c4cccc(-c5cc(-c6ccc7oc8ccccc8c7c6)cc(-c6ccc7c8ccccc8n(-c8ccccc8)c7c6)c5)c4)c3)cc2)cc1. The Kier molecular flexibility index (Phi) is 9.84. The Hall–Kier alpha value is -9.18. The molecule has 11 aromatic carbocycles. The van der Waals surface area contributed by atoms with Crippen LogP contribution in [-0.2, 0) is 0 Å². The van der Waals surface area contributed by atoms with Crippen LogP contribution in [0, 0.1) is 0 Å². The average Bonchev–Trinajstić information content (AvgIpc) is 3.97. The second-order valence-electron chi connectivity index (χ2n) is 17.7. The fourth-order valence-corrected chi connectivity index (χ4v) is 10.2. The van der Waals surface area contributed by atoms with Gasteiger partial charge in [0.25, 0.3) is 0 Å². The number of hydrogen-bond donors (Lipinski definition) is 0. The van der Waals surface area contributed by atoms with Crippen molar-refractivity contribution in [3.8, 4) is 61.3 Å². The van der Waals surface area contributed by atoms with Gasteiger partial charge in [-0.2, -0.15) is 0 Å². The number of para-hydroxylation sites is 4. The van der Waals surface area contributed by atoms with Crippen LogP contribution in [0.15, 0.2) is 271 Å². The standard InChI is InChI=1S/C66H44N2O/c1-4-16-45(17-5-1)46-30-34-57(35-31-46)67(55-21-6-2-7-22-55)58-25-15-20-49(42-58)47-18-14-19-48(38-47)52-39-53(50-33-37-66-62(43-50)61-27-11-13-29-65(61)69-66)41-54(40-52)51-32-36-60-59-26-10-12-28-63(59)68(64(60)44-51)56-23-8-3-9-24-56/h1-44H. The fraction of sp³-hybridized carbons (Fsp3) is 0.